The van der Waals surface area contributed by atoms with E-state index in [2.05, 4.69) is 10.6 Å². The molecule has 1 aromatic carbocycles. The standard InChI is InChI=1S/C15H22N2O4/c1-4-20-14(21-5-2)10-16-15(19)17-13-8-6-7-12(9-13)11(3)18/h6-9,14H,4-5,10H2,1-3H3,(H2,16,17,19). The van der Waals surface area contributed by atoms with Crippen LogP contribution >= 0.6 is 0 Å². The minimum atomic E-state index is -0.464. The first kappa shape index (κ1) is 17.1. The third-order valence-electron chi connectivity index (χ3n) is 2.66. The monoisotopic (exact) mass is 294 g/mol. The highest BCUT2D eigenvalue weighted by molar-refractivity contribution is 5.96. The van der Waals surface area contributed by atoms with E-state index in [9.17, 15) is 9.59 Å². The number of ketones is 1. The third kappa shape index (κ3) is 6.37. The van der Waals surface area contributed by atoms with Gasteiger partial charge in [0.15, 0.2) is 12.1 Å². The lowest BCUT2D eigenvalue weighted by atomic mass is 10.1. The fourth-order valence-corrected chi connectivity index (χ4v) is 1.71. The summed E-state index contributed by atoms with van der Waals surface area (Å²) in [4.78, 5) is 23.1. The average molecular weight is 294 g/mol. The Morgan fingerprint density at radius 2 is 1.86 bits per heavy atom. The molecule has 0 aliphatic carbocycles. The number of anilines is 1. The fourth-order valence-electron chi connectivity index (χ4n) is 1.71. The van der Waals surface area contributed by atoms with Crippen molar-refractivity contribution in [3.05, 3.63) is 29.8 Å². The molecule has 0 aliphatic rings. The van der Waals surface area contributed by atoms with Crippen molar-refractivity contribution in [1.29, 1.82) is 0 Å². The Morgan fingerprint density at radius 3 is 2.43 bits per heavy atom. The Kier molecular flexibility index (Phi) is 7.42. The van der Waals surface area contributed by atoms with Crippen LogP contribution in [0.5, 0.6) is 0 Å². The second-order valence-corrected chi connectivity index (χ2v) is 4.31. The van der Waals surface area contributed by atoms with Gasteiger partial charge in [0.05, 0.1) is 6.54 Å². The van der Waals surface area contributed by atoms with Gasteiger partial charge in [-0.15, -0.1) is 0 Å². The van der Waals surface area contributed by atoms with Crippen LogP contribution in [-0.4, -0.2) is 37.9 Å². The van der Waals surface area contributed by atoms with Crippen molar-refractivity contribution in [2.45, 2.75) is 27.1 Å². The molecule has 0 atom stereocenters. The minimum absolute atomic E-state index is 0.0492. The van der Waals surface area contributed by atoms with Crippen LogP contribution < -0.4 is 10.6 Å². The normalized spacial score (nSPS) is 10.5. The number of hydrogen-bond acceptors (Lipinski definition) is 4. The molecule has 1 rings (SSSR count). The van der Waals surface area contributed by atoms with E-state index in [1.807, 2.05) is 13.8 Å². The summed E-state index contributed by atoms with van der Waals surface area (Å²) in [5.41, 5.74) is 1.11. The number of benzene rings is 1. The van der Waals surface area contributed by atoms with Gasteiger partial charge in [0.1, 0.15) is 0 Å². The Morgan fingerprint density at radius 1 is 1.19 bits per heavy atom. The summed E-state index contributed by atoms with van der Waals surface area (Å²) in [5, 5.41) is 5.33. The molecule has 0 aromatic heterocycles. The van der Waals surface area contributed by atoms with Gasteiger partial charge in [0, 0.05) is 24.5 Å². The van der Waals surface area contributed by atoms with Crippen LogP contribution in [0, 0.1) is 0 Å². The smallest absolute Gasteiger partial charge is 0.319 e. The summed E-state index contributed by atoms with van der Waals surface area (Å²) in [6.45, 7) is 6.47. The van der Waals surface area contributed by atoms with Crippen LogP contribution in [0.2, 0.25) is 0 Å². The Balaban J connectivity index is 2.49. The Bertz CT molecular complexity index is 470. The maximum Gasteiger partial charge on any atom is 0.319 e. The lowest BCUT2D eigenvalue weighted by Crippen LogP contribution is -2.37. The molecule has 21 heavy (non-hydrogen) atoms. The highest BCUT2D eigenvalue weighted by Crippen LogP contribution is 2.10. The molecule has 0 radical (unpaired) electrons. The third-order valence-corrected chi connectivity index (χ3v) is 2.66. The van der Waals surface area contributed by atoms with E-state index in [-0.39, 0.29) is 18.4 Å². The van der Waals surface area contributed by atoms with Crippen LogP contribution in [0.25, 0.3) is 0 Å². The number of Topliss-reactive ketones (excluding diaryl/α,β-unsaturated/α-hetero) is 1. The number of ether oxygens (including phenoxy) is 2. The van der Waals surface area contributed by atoms with Crippen molar-refractivity contribution in [2.24, 2.45) is 0 Å². The molecule has 2 N–H and O–H groups in total. The Labute approximate surface area is 124 Å². The average Bonchev–Trinajstić information content (AvgIpc) is 2.45. The number of hydrogen-bond donors (Lipinski definition) is 2. The molecule has 116 valence electrons. The summed E-state index contributed by atoms with van der Waals surface area (Å²) < 4.78 is 10.6. The van der Waals surface area contributed by atoms with Gasteiger partial charge in [-0.1, -0.05) is 12.1 Å². The number of urea groups is 1. The molecule has 0 spiro atoms. The molecule has 6 nitrogen and oxygen atoms in total. The molecule has 6 heteroatoms. The lowest BCUT2D eigenvalue weighted by molar-refractivity contribution is -0.131. The van der Waals surface area contributed by atoms with Gasteiger partial charge in [0.25, 0.3) is 0 Å². The van der Waals surface area contributed by atoms with Gasteiger partial charge in [-0.2, -0.15) is 0 Å². The van der Waals surface area contributed by atoms with Crippen molar-refractivity contribution in [3.8, 4) is 0 Å². The van der Waals surface area contributed by atoms with Gasteiger partial charge < -0.3 is 20.1 Å². The SMILES string of the molecule is CCOC(CNC(=O)Nc1cccc(C(C)=O)c1)OCC. The molecule has 0 heterocycles. The zero-order valence-corrected chi connectivity index (χ0v) is 12.6. The fraction of sp³-hybridized carbons (Fsp3) is 0.467. The van der Waals surface area contributed by atoms with E-state index >= 15 is 0 Å². The molecular weight excluding hydrogens is 272 g/mol. The van der Waals surface area contributed by atoms with Gasteiger partial charge >= 0.3 is 6.03 Å². The van der Waals surface area contributed by atoms with Crippen molar-refractivity contribution < 1.29 is 19.1 Å². The first-order valence-corrected chi connectivity index (χ1v) is 6.95. The van der Waals surface area contributed by atoms with E-state index < -0.39 is 6.29 Å². The predicted octanol–water partition coefficient (Wildman–Crippen LogP) is 2.41. The predicted molar refractivity (Wildman–Crippen MR) is 80.5 cm³/mol. The number of nitrogens with one attached hydrogen (secondary N) is 2. The Hall–Kier alpha value is -1.92. The van der Waals surface area contributed by atoms with Gasteiger partial charge in [0.2, 0.25) is 0 Å². The first-order valence-electron chi connectivity index (χ1n) is 6.95. The number of carbonyl (C=O) groups is 2. The van der Waals surface area contributed by atoms with E-state index in [0.29, 0.717) is 24.5 Å². The van der Waals surface area contributed by atoms with Gasteiger partial charge in [-0.05, 0) is 32.9 Å². The number of rotatable bonds is 8. The van der Waals surface area contributed by atoms with E-state index in [1.54, 1.807) is 24.3 Å². The number of amides is 2. The minimum Gasteiger partial charge on any atom is -0.351 e. The molecule has 0 unspecified atom stereocenters. The lowest BCUT2D eigenvalue weighted by Gasteiger charge is -2.17. The summed E-state index contributed by atoms with van der Waals surface area (Å²) >= 11 is 0. The van der Waals surface area contributed by atoms with Crippen LogP contribution in [0.3, 0.4) is 0 Å². The summed E-state index contributed by atoms with van der Waals surface area (Å²) in [7, 11) is 0. The topological polar surface area (TPSA) is 76.7 Å². The second kappa shape index (κ2) is 9.10. The van der Waals surface area contributed by atoms with Crippen molar-refractivity contribution in [2.75, 3.05) is 25.1 Å². The zero-order chi connectivity index (χ0) is 15.7. The summed E-state index contributed by atoms with van der Waals surface area (Å²) in [5.74, 6) is -0.0492. The molecule has 0 bridgehead atoms. The van der Waals surface area contributed by atoms with E-state index in [1.165, 1.54) is 6.92 Å². The maximum atomic E-state index is 11.8. The van der Waals surface area contributed by atoms with Crippen molar-refractivity contribution in [1.82, 2.24) is 5.32 Å². The highest BCUT2D eigenvalue weighted by Gasteiger charge is 2.10. The van der Waals surface area contributed by atoms with Crippen LogP contribution in [0.15, 0.2) is 24.3 Å². The van der Waals surface area contributed by atoms with Crippen molar-refractivity contribution >= 4 is 17.5 Å². The quantitative estimate of drug-likeness (QED) is 0.570. The molecule has 0 fully saturated rings. The van der Waals surface area contributed by atoms with E-state index in [4.69, 9.17) is 9.47 Å². The molecule has 2 amide bonds. The zero-order valence-electron chi connectivity index (χ0n) is 12.6. The van der Waals surface area contributed by atoms with Gasteiger partial charge in [-0.3, -0.25) is 4.79 Å². The number of carbonyl (C=O) groups excluding carboxylic acids is 2. The second-order valence-electron chi connectivity index (χ2n) is 4.31. The van der Waals surface area contributed by atoms with Crippen LogP contribution in [-0.2, 0) is 9.47 Å². The molecule has 0 saturated heterocycles. The van der Waals surface area contributed by atoms with Gasteiger partial charge in [-0.25, -0.2) is 4.79 Å². The summed E-state index contributed by atoms with van der Waals surface area (Å²) in [6.07, 6.45) is -0.464. The molecule has 0 saturated carbocycles. The van der Waals surface area contributed by atoms with Crippen LogP contribution in [0.4, 0.5) is 10.5 Å². The first-order chi connectivity index (χ1) is 10.1. The maximum absolute atomic E-state index is 11.8. The largest absolute Gasteiger partial charge is 0.351 e. The highest BCUT2D eigenvalue weighted by atomic mass is 16.7. The van der Waals surface area contributed by atoms with E-state index in [0.717, 1.165) is 0 Å². The molecular formula is C15H22N2O4. The molecule has 0 aliphatic heterocycles. The van der Waals surface area contributed by atoms with Crippen molar-refractivity contribution in [3.63, 3.8) is 0 Å². The summed E-state index contributed by atoms with van der Waals surface area (Å²) in [6, 6.07) is 6.39. The van der Waals surface area contributed by atoms with Crippen LogP contribution in [0.1, 0.15) is 31.1 Å². The molecule has 1 aromatic rings.